The lowest BCUT2D eigenvalue weighted by Gasteiger charge is -2.39. The monoisotopic (exact) mass is 500 g/mol. The maximum Gasteiger partial charge on any atom is 0.261 e. The summed E-state index contributed by atoms with van der Waals surface area (Å²) in [6.45, 7) is 1.48. The molecule has 190 valence electrons. The van der Waals surface area contributed by atoms with Gasteiger partial charge in [-0.2, -0.15) is 10.1 Å². The molecule has 0 spiro atoms. The number of aromatic nitrogens is 6. The van der Waals surface area contributed by atoms with Crippen LogP contribution < -0.4 is 5.73 Å². The van der Waals surface area contributed by atoms with Gasteiger partial charge in [0.2, 0.25) is 11.9 Å². The van der Waals surface area contributed by atoms with E-state index in [4.69, 9.17) is 20.0 Å². The fraction of sp³-hybridized carbons (Fsp3) is 0.385. The third-order valence-corrected chi connectivity index (χ3v) is 7.51. The molecular weight excluding hydrogens is 472 g/mol. The number of nitrogen functional groups attached to an aromatic ring is 1. The maximum absolute atomic E-state index is 12.6. The number of carbonyl (C=O) groups excluding carboxylic acids is 1. The molecule has 11 heteroatoms. The van der Waals surface area contributed by atoms with Gasteiger partial charge < -0.3 is 19.9 Å². The van der Waals surface area contributed by atoms with Crippen molar-refractivity contribution in [2.24, 2.45) is 0 Å². The second kappa shape index (κ2) is 9.40. The molecule has 3 aromatic heterocycles. The van der Waals surface area contributed by atoms with Crippen molar-refractivity contribution in [2.75, 3.05) is 25.9 Å². The van der Waals surface area contributed by atoms with E-state index in [1.165, 1.54) is 0 Å². The number of hydrogen-bond acceptors (Lipinski definition) is 9. The van der Waals surface area contributed by atoms with Crippen LogP contribution in [0.5, 0.6) is 0 Å². The average Bonchev–Trinajstić information content (AvgIpc) is 3.65. The Kier molecular flexibility index (Phi) is 5.91. The van der Waals surface area contributed by atoms with Crippen molar-refractivity contribution in [1.29, 1.82) is 0 Å². The van der Waals surface area contributed by atoms with E-state index in [0.717, 1.165) is 42.4 Å². The highest BCUT2D eigenvalue weighted by Crippen LogP contribution is 2.48. The molecule has 1 aromatic carbocycles. The van der Waals surface area contributed by atoms with Gasteiger partial charge in [-0.1, -0.05) is 35.8 Å². The number of nitrogens with two attached hydrogens (primary N) is 1. The van der Waals surface area contributed by atoms with Gasteiger partial charge in [0.15, 0.2) is 5.82 Å². The van der Waals surface area contributed by atoms with Crippen LogP contribution in [0.4, 0.5) is 5.95 Å². The molecule has 1 atom stereocenters. The van der Waals surface area contributed by atoms with Crippen LogP contribution in [0.1, 0.15) is 37.1 Å². The van der Waals surface area contributed by atoms with Gasteiger partial charge in [0.05, 0.1) is 23.3 Å². The molecule has 1 saturated heterocycles. The lowest BCUT2D eigenvalue weighted by molar-refractivity contribution is -0.131. The fourth-order valence-corrected chi connectivity index (χ4v) is 5.12. The lowest BCUT2D eigenvalue weighted by atomic mass is 9.64. The van der Waals surface area contributed by atoms with E-state index in [0.29, 0.717) is 30.4 Å². The molecule has 1 aliphatic heterocycles. The smallest absolute Gasteiger partial charge is 0.261 e. The molecule has 2 N–H and O–H groups in total. The Bertz CT molecular complexity index is 1390. The number of likely N-dealkylation sites (tertiary alicyclic amines) is 1. The number of amides is 1. The highest BCUT2D eigenvalue weighted by molar-refractivity contribution is 5.76. The van der Waals surface area contributed by atoms with E-state index in [2.05, 4.69) is 44.5 Å². The summed E-state index contributed by atoms with van der Waals surface area (Å²) < 4.78 is 12.6. The Morgan fingerprint density at radius 1 is 1.14 bits per heavy atom. The van der Waals surface area contributed by atoms with Crippen LogP contribution in [0, 0.1) is 0 Å². The maximum atomic E-state index is 12.6. The second-order valence-corrected chi connectivity index (χ2v) is 9.68. The molecule has 4 aromatic rings. The number of anilines is 1. The van der Waals surface area contributed by atoms with Gasteiger partial charge in [0, 0.05) is 44.4 Å². The molecule has 4 heterocycles. The second-order valence-electron chi connectivity index (χ2n) is 9.68. The van der Waals surface area contributed by atoms with E-state index in [1.54, 1.807) is 36.6 Å². The summed E-state index contributed by atoms with van der Waals surface area (Å²) in [4.78, 5) is 27.4. The summed E-state index contributed by atoms with van der Waals surface area (Å²) in [5.74, 6) is 1.34. The van der Waals surface area contributed by atoms with Gasteiger partial charge in [0.25, 0.3) is 5.89 Å². The molecule has 0 unspecified atom stereocenters. The number of methoxy groups -OCH3 is 1. The zero-order chi connectivity index (χ0) is 25.4. The van der Waals surface area contributed by atoms with E-state index in [-0.39, 0.29) is 29.9 Å². The Morgan fingerprint density at radius 2 is 1.92 bits per heavy atom. The van der Waals surface area contributed by atoms with Gasteiger partial charge >= 0.3 is 0 Å². The highest BCUT2D eigenvalue weighted by Gasteiger charge is 2.44. The van der Waals surface area contributed by atoms with Gasteiger partial charge in [-0.25, -0.2) is 9.97 Å². The fourth-order valence-electron chi connectivity index (χ4n) is 5.12. The minimum atomic E-state index is -0.280. The van der Waals surface area contributed by atoms with Crippen molar-refractivity contribution in [3.63, 3.8) is 0 Å². The number of carbonyl (C=O) groups is 1. The van der Waals surface area contributed by atoms with Crippen molar-refractivity contribution in [2.45, 2.75) is 43.7 Å². The molecule has 1 aliphatic carbocycles. The summed E-state index contributed by atoms with van der Waals surface area (Å²) in [6.07, 6.45) is 10.8. The third kappa shape index (κ3) is 4.35. The topological polar surface area (TPSA) is 138 Å². The van der Waals surface area contributed by atoms with E-state index < -0.39 is 0 Å². The molecule has 0 bridgehead atoms. The van der Waals surface area contributed by atoms with Gasteiger partial charge in [-0.05, 0) is 30.4 Å². The standard InChI is InChI=1S/C26H28N8O3/c1-36-21-7-10-33(15-21)22(35)16-34-14-19(13-30-34)23-31-24(32-37-23)26(8-2-9-26)20-5-3-17(4-6-20)18-11-28-25(27)29-12-18/h3-6,11-14,21H,2,7-10,15-16H2,1H3,(H2,27,28,29)/t21-/m1/s1. The van der Waals surface area contributed by atoms with Crippen LogP contribution in [-0.4, -0.2) is 67.0 Å². The van der Waals surface area contributed by atoms with Crippen LogP contribution in [0.3, 0.4) is 0 Å². The summed E-state index contributed by atoms with van der Waals surface area (Å²) in [5, 5.41) is 8.70. The number of hydrogen-bond donors (Lipinski definition) is 1. The first kappa shape index (κ1) is 23.3. The predicted molar refractivity (Wildman–Crippen MR) is 134 cm³/mol. The molecule has 11 nitrogen and oxygen atoms in total. The van der Waals surface area contributed by atoms with E-state index in [9.17, 15) is 4.79 Å². The third-order valence-electron chi connectivity index (χ3n) is 7.51. The lowest BCUT2D eigenvalue weighted by Crippen LogP contribution is -2.36. The van der Waals surface area contributed by atoms with Crippen LogP contribution in [0.15, 0.2) is 53.6 Å². The zero-order valence-electron chi connectivity index (χ0n) is 20.6. The van der Waals surface area contributed by atoms with Crippen LogP contribution >= 0.6 is 0 Å². The minimum absolute atomic E-state index is 0.0165. The number of rotatable bonds is 7. The van der Waals surface area contributed by atoms with Crippen molar-refractivity contribution < 1.29 is 14.1 Å². The minimum Gasteiger partial charge on any atom is -0.380 e. The summed E-state index contributed by atoms with van der Waals surface area (Å²) >= 11 is 0. The summed E-state index contributed by atoms with van der Waals surface area (Å²) in [7, 11) is 1.68. The Labute approximate surface area is 213 Å². The van der Waals surface area contributed by atoms with Gasteiger partial charge in [-0.3, -0.25) is 9.48 Å². The molecule has 6 rings (SSSR count). The predicted octanol–water partition coefficient (Wildman–Crippen LogP) is 2.69. The van der Waals surface area contributed by atoms with Crippen LogP contribution in [0.2, 0.25) is 0 Å². The largest absolute Gasteiger partial charge is 0.380 e. The molecule has 2 aliphatic rings. The highest BCUT2D eigenvalue weighted by atomic mass is 16.5. The SMILES string of the molecule is CO[C@@H]1CCN(C(=O)Cn2cc(-c3nc(C4(c5ccc(-c6cnc(N)nc6)cc5)CCC4)no3)cn2)C1. The number of nitrogens with zero attached hydrogens (tertiary/aromatic N) is 7. The van der Waals surface area contributed by atoms with Crippen molar-refractivity contribution >= 4 is 11.9 Å². The van der Waals surface area contributed by atoms with E-state index >= 15 is 0 Å². The Balaban J connectivity index is 1.18. The zero-order valence-corrected chi connectivity index (χ0v) is 20.6. The quantitative estimate of drug-likeness (QED) is 0.406. The molecule has 1 amide bonds. The Morgan fingerprint density at radius 3 is 2.59 bits per heavy atom. The van der Waals surface area contributed by atoms with E-state index in [1.807, 2.05) is 4.90 Å². The first-order chi connectivity index (χ1) is 18.0. The first-order valence-corrected chi connectivity index (χ1v) is 12.4. The van der Waals surface area contributed by atoms with Gasteiger partial charge in [-0.15, -0.1) is 0 Å². The van der Waals surface area contributed by atoms with Crippen molar-refractivity contribution in [1.82, 2.24) is 34.8 Å². The number of benzene rings is 1. The number of ether oxygens (including phenoxy) is 1. The summed E-state index contributed by atoms with van der Waals surface area (Å²) in [6, 6.07) is 8.33. The molecule has 1 saturated carbocycles. The average molecular weight is 501 g/mol. The normalized spacial score (nSPS) is 18.6. The molecule has 2 fully saturated rings. The van der Waals surface area contributed by atoms with Crippen molar-refractivity contribution in [3.05, 3.63) is 60.4 Å². The summed E-state index contributed by atoms with van der Waals surface area (Å²) in [5.41, 5.74) is 9.08. The van der Waals surface area contributed by atoms with Crippen LogP contribution in [0.25, 0.3) is 22.6 Å². The van der Waals surface area contributed by atoms with Gasteiger partial charge in [0.1, 0.15) is 6.54 Å². The molecular formula is C26H28N8O3. The molecule has 37 heavy (non-hydrogen) atoms. The first-order valence-electron chi connectivity index (χ1n) is 12.4. The molecule has 0 radical (unpaired) electrons. The van der Waals surface area contributed by atoms with Crippen LogP contribution in [-0.2, 0) is 21.5 Å². The van der Waals surface area contributed by atoms with Crippen molar-refractivity contribution in [3.8, 4) is 22.6 Å². The Hall–Kier alpha value is -4.12.